The fourth-order valence-electron chi connectivity index (χ4n) is 2.06. The fraction of sp³-hybridized carbons (Fsp3) is 0.667. The van der Waals surface area contributed by atoms with Crippen molar-refractivity contribution in [3.05, 3.63) is 15.1 Å². The summed E-state index contributed by atoms with van der Waals surface area (Å²) in [7, 11) is 1.89. The Bertz CT molecular complexity index is 445. The number of rotatable bonds is 3. The van der Waals surface area contributed by atoms with Crippen molar-refractivity contribution >= 4 is 28.4 Å². The standard InChI is InChI=1S/C12H16IN3O2/c1-14-12-9(13)10(7-2-3-7)15-11(16-12)8-6-17-4-5-18-8/h7-8H,2-6H2,1H3,(H,14,15,16). The van der Waals surface area contributed by atoms with Gasteiger partial charge in [-0.15, -0.1) is 0 Å². The zero-order valence-electron chi connectivity index (χ0n) is 10.3. The Labute approximate surface area is 120 Å². The molecule has 1 aliphatic carbocycles. The lowest BCUT2D eigenvalue weighted by atomic mass is 10.2. The quantitative estimate of drug-likeness (QED) is 0.836. The van der Waals surface area contributed by atoms with E-state index in [1.807, 2.05) is 7.05 Å². The zero-order valence-corrected chi connectivity index (χ0v) is 12.4. The average molecular weight is 361 g/mol. The van der Waals surface area contributed by atoms with E-state index in [1.54, 1.807) is 0 Å². The summed E-state index contributed by atoms with van der Waals surface area (Å²) in [6.45, 7) is 1.83. The first kappa shape index (κ1) is 12.6. The number of anilines is 1. The number of aromatic nitrogens is 2. The minimum atomic E-state index is -0.125. The van der Waals surface area contributed by atoms with Crippen molar-refractivity contribution in [3.63, 3.8) is 0 Å². The molecule has 1 unspecified atom stereocenters. The van der Waals surface area contributed by atoms with Gasteiger partial charge >= 0.3 is 0 Å². The number of hydrogen-bond acceptors (Lipinski definition) is 5. The predicted molar refractivity (Wildman–Crippen MR) is 75.8 cm³/mol. The molecule has 1 N–H and O–H groups in total. The minimum Gasteiger partial charge on any atom is -0.376 e. The van der Waals surface area contributed by atoms with Crippen molar-refractivity contribution in [3.8, 4) is 0 Å². The summed E-state index contributed by atoms with van der Waals surface area (Å²) >= 11 is 2.32. The van der Waals surface area contributed by atoms with Crippen LogP contribution in [0.4, 0.5) is 5.82 Å². The Morgan fingerprint density at radius 3 is 2.72 bits per heavy atom. The van der Waals surface area contributed by atoms with Gasteiger partial charge < -0.3 is 14.8 Å². The Kier molecular flexibility index (Phi) is 3.67. The molecule has 2 fully saturated rings. The first-order valence-electron chi connectivity index (χ1n) is 6.24. The lowest BCUT2D eigenvalue weighted by molar-refractivity contribution is -0.0935. The maximum Gasteiger partial charge on any atom is 0.162 e. The predicted octanol–water partition coefficient (Wildman–Crippen LogP) is 2.09. The lowest BCUT2D eigenvalue weighted by Crippen LogP contribution is -2.24. The highest BCUT2D eigenvalue weighted by Crippen LogP contribution is 2.42. The van der Waals surface area contributed by atoms with Crippen molar-refractivity contribution in [2.45, 2.75) is 24.9 Å². The van der Waals surface area contributed by atoms with Gasteiger partial charge in [0.1, 0.15) is 11.9 Å². The molecule has 2 aliphatic rings. The molecule has 1 aromatic rings. The van der Waals surface area contributed by atoms with Crippen LogP contribution in [0.3, 0.4) is 0 Å². The van der Waals surface area contributed by atoms with Crippen LogP contribution >= 0.6 is 22.6 Å². The van der Waals surface area contributed by atoms with E-state index in [2.05, 4.69) is 32.9 Å². The highest BCUT2D eigenvalue weighted by molar-refractivity contribution is 14.1. The zero-order chi connectivity index (χ0) is 12.5. The largest absolute Gasteiger partial charge is 0.376 e. The molecule has 3 rings (SSSR count). The van der Waals surface area contributed by atoms with E-state index in [4.69, 9.17) is 14.5 Å². The molecule has 1 aliphatic heterocycles. The summed E-state index contributed by atoms with van der Waals surface area (Å²) in [4.78, 5) is 9.25. The van der Waals surface area contributed by atoms with Crippen LogP contribution in [0.5, 0.6) is 0 Å². The highest BCUT2D eigenvalue weighted by atomic mass is 127. The maximum atomic E-state index is 5.68. The van der Waals surface area contributed by atoms with E-state index < -0.39 is 0 Å². The first-order valence-corrected chi connectivity index (χ1v) is 7.32. The van der Waals surface area contributed by atoms with E-state index in [0.29, 0.717) is 25.7 Å². The van der Waals surface area contributed by atoms with Crippen molar-refractivity contribution in [1.82, 2.24) is 9.97 Å². The molecule has 1 saturated heterocycles. The van der Waals surface area contributed by atoms with Gasteiger partial charge in [-0.05, 0) is 35.4 Å². The molecular weight excluding hydrogens is 345 g/mol. The number of ether oxygens (including phenoxy) is 2. The van der Waals surface area contributed by atoms with Crippen LogP contribution in [-0.4, -0.2) is 36.8 Å². The van der Waals surface area contributed by atoms with Crippen LogP contribution in [0.2, 0.25) is 0 Å². The molecule has 18 heavy (non-hydrogen) atoms. The number of nitrogens with zero attached hydrogens (tertiary/aromatic N) is 2. The summed E-state index contributed by atoms with van der Waals surface area (Å²) in [6, 6.07) is 0. The SMILES string of the molecule is CNc1nc(C2COCCO2)nc(C2CC2)c1I. The number of nitrogens with one attached hydrogen (secondary N) is 1. The highest BCUT2D eigenvalue weighted by Gasteiger charge is 2.31. The van der Waals surface area contributed by atoms with E-state index in [-0.39, 0.29) is 6.10 Å². The third-order valence-electron chi connectivity index (χ3n) is 3.20. The van der Waals surface area contributed by atoms with Crippen LogP contribution in [0.15, 0.2) is 0 Å². The van der Waals surface area contributed by atoms with Gasteiger partial charge in [-0.25, -0.2) is 9.97 Å². The molecular formula is C12H16IN3O2. The van der Waals surface area contributed by atoms with Crippen LogP contribution < -0.4 is 5.32 Å². The number of halogens is 1. The third-order valence-corrected chi connectivity index (χ3v) is 4.26. The maximum absolute atomic E-state index is 5.68. The summed E-state index contributed by atoms with van der Waals surface area (Å²) in [5.41, 5.74) is 1.17. The first-order chi connectivity index (χ1) is 8.79. The minimum absolute atomic E-state index is 0.125. The molecule has 2 heterocycles. The smallest absolute Gasteiger partial charge is 0.162 e. The van der Waals surface area contributed by atoms with E-state index >= 15 is 0 Å². The second kappa shape index (κ2) is 5.26. The van der Waals surface area contributed by atoms with Gasteiger partial charge in [-0.2, -0.15) is 0 Å². The summed E-state index contributed by atoms with van der Waals surface area (Å²) in [5.74, 6) is 2.26. The molecule has 0 aromatic carbocycles. The van der Waals surface area contributed by atoms with Gasteiger partial charge in [-0.1, -0.05) is 0 Å². The molecule has 1 saturated carbocycles. The molecule has 0 spiro atoms. The molecule has 0 amide bonds. The van der Waals surface area contributed by atoms with Gasteiger partial charge in [-0.3, -0.25) is 0 Å². The van der Waals surface area contributed by atoms with E-state index in [1.165, 1.54) is 18.5 Å². The summed E-state index contributed by atoms with van der Waals surface area (Å²) < 4.78 is 12.2. The van der Waals surface area contributed by atoms with Crippen molar-refractivity contribution < 1.29 is 9.47 Å². The molecule has 0 radical (unpaired) electrons. The van der Waals surface area contributed by atoms with Crippen molar-refractivity contribution in [2.24, 2.45) is 0 Å². The van der Waals surface area contributed by atoms with Crippen LogP contribution in [0.1, 0.15) is 36.4 Å². The van der Waals surface area contributed by atoms with Gasteiger partial charge in [0.2, 0.25) is 0 Å². The second-order valence-corrected chi connectivity index (χ2v) is 5.67. The van der Waals surface area contributed by atoms with Crippen molar-refractivity contribution in [1.29, 1.82) is 0 Å². The van der Waals surface area contributed by atoms with Gasteiger partial charge in [0.05, 0.1) is 29.1 Å². The van der Waals surface area contributed by atoms with Crippen LogP contribution in [0, 0.1) is 3.57 Å². The Hall–Kier alpha value is -0.470. The number of hydrogen-bond donors (Lipinski definition) is 1. The van der Waals surface area contributed by atoms with Gasteiger partial charge in [0.15, 0.2) is 5.82 Å². The van der Waals surface area contributed by atoms with E-state index in [0.717, 1.165) is 15.2 Å². The summed E-state index contributed by atoms with van der Waals surface area (Å²) in [5, 5.41) is 3.14. The van der Waals surface area contributed by atoms with Gasteiger partial charge in [0.25, 0.3) is 0 Å². The topological polar surface area (TPSA) is 56.3 Å². The fourth-order valence-corrected chi connectivity index (χ4v) is 3.01. The Balaban J connectivity index is 1.95. The lowest BCUT2D eigenvalue weighted by Gasteiger charge is -2.23. The molecule has 98 valence electrons. The molecule has 5 nitrogen and oxygen atoms in total. The molecule has 0 bridgehead atoms. The van der Waals surface area contributed by atoms with Crippen LogP contribution in [0.25, 0.3) is 0 Å². The van der Waals surface area contributed by atoms with E-state index in [9.17, 15) is 0 Å². The molecule has 6 heteroatoms. The third kappa shape index (κ3) is 2.46. The van der Waals surface area contributed by atoms with Crippen LogP contribution in [-0.2, 0) is 9.47 Å². The van der Waals surface area contributed by atoms with Gasteiger partial charge in [0, 0.05) is 13.0 Å². The van der Waals surface area contributed by atoms with Crippen molar-refractivity contribution in [2.75, 3.05) is 32.2 Å². The Morgan fingerprint density at radius 1 is 1.28 bits per heavy atom. The second-order valence-electron chi connectivity index (χ2n) is 4.59. The molecule has 1 aromatic heterocycles. The molecule has 1 atom stereocenters. The normalized spacial score (nSPS) is 24.0. The monoisotopic (exact) mass is 361 g/mol. The summed E-state index contributed by atoms with van der Waals surface area (Å²) in [6.07, 6.45) is 2.34. The Morgan fingerprint density at radius 2 is 2.11 bits per heavy atom. The average Bonchev–Trinajstić information content (AvgIpc) is 3.24.